The van der Waals surface area contributed by atoms with Gasteiger partial charge in [0.1, 0.15) is 6.10 Å². The second-order valence-electron chi connectivity index (χ2n) is 5.38. The third-order valence-electron chi connectivity index (χ3n) is 3.96. The summed E-state index contributed by atoms with van der Waals surface area (Å²) in [4.78, 5) is 11.2. The molecule has 1 aliphatic carbocycles. The minimum absolute atomic E-state index is 0.0353. The van der Waals surface area contributed by atoms with Gasteiger partial charge in [0.15, 0.2) is 0 Å². The summed E-state index contributed by atoms with van der Waals surface area (Å²) in [5.41, 5.74) is 1.22. The van der Waals surface area contributed by atoms with Gasteiger partial charge in [-0.2, -0.15) is 0 Å². The summed E-state index contributed by atoms with van der Waals surface area (Å²) in [5, 5.41) is 31.3. The van der Waals surface area contributed by atoms with Gasteiger partial charge in [-0.3, -0.25) is 4.79 Å². The fourth-order valence-corrected chi connectivity index (χ4v) is 2.79. The highest BCUT2D eigenvalue weighted by molar-refractivity contribution is 5.88. The van der Waals surface area contributed by atoms with E-state index < -0.39 is 24.1 Å². The molecular weight excluding hydrogens is 268 g/mol. The third-order valence-corrected chi connectivity index (χ3v) is 3.96. The SMILES string of the molecule is O=C(O)C1C=C(c2ccc3ccccc3c2)[C@@H](O)C(O)C1. The zero-order chi connectivity index (χ0) is 15.0. The van der Waals surface area contributed by atoms with Gasteiger partial charge in [0.05, 0.1) is 12.0 Å². The van der Waals surface area contributed by atoms with Gasteiger partial charge in [-0.15, -0.1) is 0 Å². The normalized spacial score (nSPS) is 25.6. The zero-order valence-electron chi connectivity index (χ0n) is 11.3. The number of hydrogen-bond acceptors (Lipinski definition) is 3. The number of rotatable bonds is 2. The lowest BCUT2D eigenvalue weighted by Crippen LogP contribution is -2.35. The van der Waals surface area contributed by atoms with Crippen molar-refractivity contribution in [3.63, 3.8) is 0 Å². The van der Waals surface area contributed by atoms with Gasteiger partial charge < -0.3 is 15.3 Å². The molecule has 0 saturated carbocycles. The number of benzene rings is 2. The molecule has 0 saturated heterocycles. The maximum atomic E-state index is 11.2. The smallest absolute Gasteiger partial charge is 0.310 e. The summed E-state index contributed by atoms with van der Waals surface area (Å²) in [5.74, 6) is -1.76. The number of fused-ring (bicyclic) bond motifs is 1. The van der Waals surface area contributed by atoms with Crippen LogP contribution in [0.2, 0.25) is 0 Å². The van der Waals surface area contributed by atoms with E-state index in [0.29, 0.717) is 5.57 Å². The van der Waals surface area contributed by atoms with Crippen LogP contribution < -0.4 is 0 Å². The number of hydrogen-bond donors (Lipinski definition) is 3. The van der Waals surface area contributed by atoms with Crippen molar-refractivity contribution in [3.05, 3.63) is 54.1 Å². The minimum atomic E-state index is -1.06. The van der Waals surface area contributed by atoms with E-state index in [2.05, 4.69) is 0 Å². The molecule has 0 amide bonds. The van der Waals surface area contributed by atoms with Crippen LogP contribution >= 0.6 is 0 Å². The molecule has 21 heavy (non-hydrogen) atoms. The predicted octanol–water partition coefficient (Wildman–Crippen LogP) is 2.05. The maximum Gasteiger partial charge on any atom is 0.310 e. The molecule has 0 heterocycles. The number of aliphatic carboxylic acids is 1. The average molecular weight is 284 g/mol. The first-order chi connectivity index (χ1) is 10.1. The van der Waals surface area contributed by atoms with E-state index in [0.717, 1.165) is 16.3 Å². The lowest BCUT2D eigenvalue weighted by molar-refractivity contribution is -0.141. The van der Waals surface area contributed by atoms with E-state index in [9.17, 15) is 15.0 Å². The van der Waals surface area contributed by atoms with Gasteiger partial charge in [0, 0.05) is 0 Å². The van der Waals surface area contributed by atoms with Crippen molar-refractivity contribution >= 4 is 22.3 Å². The van der Waals surface area contributed by atoms with Crippen LogP contribution in [0.4, 0.5) is 0 Å². The van der Waals surface area contributed by atoms with E-state index in [1.54, 1.807) is 6.08 Å². The molecule has 3 atom stereocenters. The zero-order valence-corrected chi connectivity index (χ0v) is 11.3. The number of aliphatic hydroxyl groups excluding tert-OH is 2. The Kier molecular flexibility index (Phi) is 3.49. The highest BCUT2D eigenvalue weighted by atomic mass is 16.4. The lowest BCUT2D eigenvalue weighted by Gasteiger charge is -2.28. The second kappa shape index (κ2) is 5.31. The van der Waals surface area contributed by atoms with Crippen molar-refractivity contribution in [3.8, 4) is 0 Å². The van der Waals surface area contributed by atoms with Crippen molar-refractivity contribution in [2.24, 2.45) is 5.92 Å². The van der Waals surface area contributed by atoms with Crippen LogP contribution in [-0.4, -0.2) is 33.5 Å². The Hall–Kier alpha value is -2.17. The fraction of sp³-hybridized carbons (Fsp3) is 0.235. The van der Waals surface area contributed by atoms with Crippen LogP contribution in [0.5, 0.6) is 0 Å². The Morgan fingerprint density at radius 2 is 1.76 bits per heavy atom. The molecule has 2 aromatic carbocycles. The number of carboxylic acids is 1. The number of carboxylic acid groups (broad SMARTS) is 1. The molecule has 4 nitrogen and oxygen atoms in total. The Morgan fingerprint density at radius 1 is 1.05 bits per heavy atom. The molecule has 4 heteroatoms. The van der Waals surface area contributed by atoms with E-state index in [4.69, 9.17) is 5.11 Å². The summed E-state index contributed by atoms with van der Waals surface area (Å²) in [6.07, 6.45) is -0.531. The molecule has 2 aromatic rings. The van der Waals surface area contributed by atoms with Crippen molar-refractivity contribution < 1.29 is 20.1 Å². The predicted molar refractivity (Wildman–Crippen MR) is 79.7 cm³/mol. The first-order valence-corrected chi connectivity index (χ1v) is 6.86. The molecule has 0 bridgehead atoms. The molecule has 2 unspecified atom stereocenters. The first kappa shape index (κ1) is 13.8. The summed E-state index contributed by atoms with van der Waals surface area (Å²) < 4.78 is 0. The van der Waals surface area contributed by atoms with Crippen molar-refractivity contribution in [1.29, 1.82) is 0 Å². The van der Waals surface area contributed by atoms with E-state index in [1.807, 2.05) is 42.5 Å². The molecule has 3 rings (SSSR count). The van der Waals surface area contributed by atoms with Crippen LogP contribution in [0.25, 0.3) is 16.3 Å². The fourth-order valence-electron chi connectivity index (χ4n) is 2.79. The van der Waals surface area contributed by atoms with E-state index >= 15 is 0 Å². The van der Waals surface area contributed by atoms with E-state index in [1.165, 1.54) is 0 Å². The van der Waals surface area contributed by atoms with Crippen LogP contribution in [0, 0.1) is 5.92 Å². The summed E-state index contributed by atoms with van der Waals surface area (Å²) in [6, 6.07) is 13.5. The molecule has 0 aromatic heterocycles. The largest absolute Gasteiger partial charge is 0.481 e. The van der Waals surface area contributed by atoms with Gasteiger partial charge in [0.2, 0.25) is 0 Å². The van der Waals surface area contributed by atoms with Crippen LogP contribution in [0.15, 0.2) is 48.5 Å². The molecule has 0 fully saturated rings. The van der Waals surface area contributed by atoms with Crippen molar-refractivity contribution in [2.75, 3.05) is 0 Å². The first-order valence-electron chi connectivity index (χ1n) is 6.86. The molecule has 108 valence electrons. The summed E-state index contributed by atoms with van der Waals surface area (Å²) >= 11 is 0. The minimum Gasteiger partial charge on any atom is -0.481 e. The third kappa shape index (κ3) is 2.55. The summed E-state index contributed by atoms with van der Waals surface area (Å²) in [7, 11) is 0. The monoisotopic (exact) mass is 284 g/mol. The van der Waals surface area contributed by atoms with Gasteiger partial charge in [-0.05, 0) is 34.4 Å². The topological polar surface area (TPSA) is 77.8 Å². The van der Waals surface area contributed by atoms with Gasteiger partial charge in [0.25, 0.3) is 0 Å². The van der Waals surface area contributed by atoms with Crippen LogP contribution in [0.1, 0.15) is 12.0 Å². The molecular formula is C17H16O4. The maximum absolute atomic E-state index is 11.2. The lowest BCUT2D eigenvalue weighted by atomic mass is 9.83. The van der Waals surface area contributed by atoms with Crippen LogP contribution in [-0.2, 0) is 4.79 Å². The second-order valence-corrected chi connectivity index (χ2v) is 5.38. The highest BCUT2D eigenvalue weighted by Crippen LogP contribution is 2.32. The number of carbonyl (C=O) groups is 1. The van der Waals surface area contributed by atoms with E-state index in [-0.39, 0.29) is 6.42 Å². The molecule has 3 N–H and O–H groups in total. The Balaban J connectivity index is 2.08. The van der Waals surface area contributed by atoms with Crippen molar-refractivity contribution in [1.82, 2.24) is 0 Å². The molecule has 1 aliphatic rings. The average Bonchev–Trinajstić information content (AvgIpc) is 2.49. The van der Waals surface area contributed by atoms with Gasteiger partial charge >= 0.3 is 5.97 Å². The molecule has 0 aliphatic heterocycles. The quantitative estimate of drug-likeness (QED) is 0.788. The standard InChI is InChI=1S/C17H16O4/c18-15-9-13(17(20)21)8-14(16(15)19)12-6-5-10-3-1-2-4-11(10)7-12/h1-8,13,15-16,18-19H,9H2,(H,20,21)/t13?,15?,16-/m1/s1. The Labute approximate surface area is 122 Å². The molecule has 0 spiro atoms. The summed E-state index contributed by atoms with van der Waals surface area (Å²) in [6.45, 7) is 0. The molecule has 0 radical (unpaired) electrons. The Bertz CT molecular complexity index is 720. The van der Waals surface area contributed by atoms with Crippen LogP contribution in [0.3, 0.4) is 0 Å². The van der Waals surface area contributed by atoms with Gasteiger partial charge in [-0.25, -0.2) is 0 Å². The highest BCUT2D eigenvalue weighted by Gasteiger charge is 2.33. The van der Waals surface area contributed by atoms with Crippen molar-refractivity contribution in [2.45, 2.75) is 18.6 Å². The Morgan fingerprint density at radius 3 is 2.48 bits per heavy atom. The van der Waals surface area contributed by atoms with Gasteiger partial charge in [-0.1, -0.05) is 42.5 Å². The number of aliphatic hydroxyl groups is 2.